The molecule has 4 nitrogen and oxygen atoms in total. The largest absolute Gasteiger partial charge is 0.444 e. The number of rotatable bonds is 2. The number of benzene rings is 1. The zero-order valence-electron chi connectivity index (χ0n) is 16.4. The predicted octanol–water partition coefficient (Wildman–Crippen LogP) is 5.12. The Kier molecular flexibility index (Phi) is 7.48. The fraction of sp³-hybridized carbons (Fsp3) is 0.550. The third-order valence-corrected chi connectivity index (χ3v) is 3.76. The van der Waals surface area contributed by atoms with Crippen LogP contribution in [0.1, 0.15) is 52.2 Å². The van der Waals surface area contributed by atoms with Crippen LogP contribution in [0.2, 0.25) is 0 Å². The maximum atomic E-state index is 12.5. The fourth-order valence-corrected chi connectivity index (χ4v) is 2.47. The van der Waals surface area contributed by atoms with Gasteiger partial charge in [0.05, 0.1) is 12.1 Å². The Hall–Kier alpha value is -2.02. The van der Waals surface area contributed by atoms with Crippen LogP contribution in [-0.4, -0.2) is 40.4 Å². The molecule has 0 aromatic heterocycles. The third-order valence-electron chi connectivity index (χ3n) is 3.76. The maximum absolute atomic E-state index is 12.5. The van der Waals surface area contributed by atoms with Crippen molar-refractivity contribution in [2.24, 2.45) is 0 Å². The average Bonchev–Trinajstić information content (AvgIpc) is 2.96. The van der Waals surface area contributed by atoms with E-state index in [-0.39, 0.29) is 6.54 Å². The molecular weight excluding hydrogens is 359 g/mol. The summed E-state index contributed by atoms with van der Waals surface area (Å²) in [6, 6.07) is 4.66. The minimum Gasteiger partial charge on any atom is -0.444 e. The summed E-state index contributed by atoms with van der Waals surface area (Å²) < 4.78 is 42.9. The molecule has 2 rings (SSSR count). The van der Waals surface area contributed by atoms with Crippen molar-refractivity contribution in [2.75, 3.05) is 13.1 Å². The number of alkyl halides is 3. The number of carbonyl (C=O) groups excluding carboxylic acids is 1. The number of hydrogen-bond acceptors (Lipinski definition) is 3. The number of ether oxygens (including phenoxy) is 1. The molecule has 1 N–H and O–H groups in total. The summed E-state index contributed by atoms with van der Waals surface area (Å²) in [7, 11) is 0. The lowest BCUT2D eigenvalue weighted by Gasteiger charge is -2.25. The predicted molar refractivity (Wildman–Crippen MR) is 99.2 cm³/mol. The highest BCUT2D eigenvalue weighted by molar-refractivity contribution is 5.69. The van der Waals surface area contributed by atoms with Crippen molar-refractivity contribution in [3.8, 4) is 0 Å². The molecule has 7 heteroatoms. The van der Waals surface area contributed by atoms with Crippen molar-refractivity contribution in [1.82, 2.24) is 4.90 Å². The number of hydrogen-bond donors (Lipinski definition) is 1. The Morgan fingerprint density at radius 2 is 1.74 bits per heavy atom. The highest BCUT2D eigenvalue weighted by Gasteiger charge is 2.38. The van der Waals surface area contributed by atoms with Crippen LogP contribution in [0.5, 0.6) is 0 Å². The summed E-state index contributed by atoms with van der Waals surface area (Å²) in [5.41, 5.74) is -2.02. The molecule has 0 bridgehead atoms. The van der Waals surface area contributed by atoms with E-state index in [1.165, 1.54) is 23.1 Å². The van der Waals surface area contributed by atoms with Gasteiger partial charge in [0.2, 0.25) is 0 Å². The molecule has 0 aliphatic carbocycles. The molecule has 1 amide bonds. The number of aliphatic hydroxyl groups is 1. The van der Waals surface area contributed by atoms with E-state index in [4.69, 9.17) is 4.74 Å². The number of nitrogens with zero attached hydrogens (tertiary/aromatic N) is 1. The van der Waals surface area contributed by atoms with Crippen LogP contribution in [0.4, 0.5) is 18.0 Å². The van der Waals surface area contributed by atoms with Crippen LogP contribution in [-0.2, 0) is 10.9 Å². The van der Waals surface area contributed by atoms with E-state index in [0.29, 0.717) is 18.5 Å². The number of amides is 1. The van der Waals surface area contributed by atoms with E-state index in [2.05, 4.69) is 0 Å². The molecule has 1 atom stereocenters. The summed E-state index contributed by atoms with van der Waals surface area (Å²) in [6.07, 6.45) is -1.46. The van der Waals surface area contributed by atoms with Gasteiger partial charge in [0.15, 0.2) is 0 Å². The van der Waals surface area contributed by atoms with Gasteiger partial charge in [-0.25, -0.2) is 4.79 Å². The summed E-state index contributed by atoms with van der Waals surface area (Å²) in [5, 5.41) is 10.5. The van der Waals surface area contributed by atoms with E-state index < -0.39 is 29.0 Å². The van der Waals surface area contributed by atoms with Crippen molar-refractivity contribution in [3.05, 3.63) is 41.5 Å². The molecule has 1 heterocycles. The minimum atomic E-state index is -4.38. The van der Waals surface area contributed by atoms with Crippen molar-refractivity contribution >= 4 is 12.2 Å². The molecule has 0 spiro atoms. The van der Waals surface area contributed by atoms with Gasteiger partial charge in [-0.3, -0.25) is 0 Å². The summed E-state index contributed by atoms with van der Waals surface area (Å²) in [6.45, 7) is 9.72. The highest BCUT2D eigenvalue weighted by atomic mass is 19.4. The van der Waals surface area contributed by atoms with Crippen LogP contribution in [0.25, 0.3) is 6.08 Å². The molecular formula is C20H28F3NO3. The van der Waals surface area contributed by atoms with Crippen molar-refractivity contribution < 1.29 is 27.8 Å². The highest BCUT2D eigenvalue weighted by Crippen LogP contribution is 2.30. The Morgan fingerprint density at radius 3 is 2.22 bits per heavy atom. The summed E-state index contributed by atoms with van der Waals surface area (Å²) >= 11 is 0. The summed E-state index contributed by atoms with van der Waals surface area (Å²) in [4.78, 5) is 13.4. The second kappa shape index (κ2) is 8.78. The van der Waals surface area contributed by atoms with Crippen LogP contribution in [0, 0.1) is 0 Å². The van der Waals surface area contributed by atoms with Gasteiger partial charge >= 0.3 is 12.3 Å². The van der Waals surface area contributed by atoms with Gasteiger partial charge < -0.3 is 14.7 Å². The standard InChI is InChI=1S/C18H22F3NO3.C2H6/c1-16(2,3)25-15(23)22-11-10-17(24,12-22)9-8-13-4-6-14(7-5-13)18(19,20)21;1-2/h4-9,24H,10-12H2,1-3H3;1-2H3/b9-8+;. The SMILES string of the molecule is CC.CC(C)(C)OC(=O)N1CCC(O)(/C=C/c2ccc(C(F)(F)F)cc2)C1. The molecule has 1 fully saturated rings. The first-order valence-electron chi connectivity index (χ1n) is 8.95. The van der Waals surface area contributed by atoms with Gasteiger partial charge in [-0.05, 0) is 44.9 Å². The normalized spacial score (nSPS) is 20.4. The van der Waals surface area contributed by atoms with E-state index in [1.807, 2.05) is 13.8 Å². The van der Waals surface area contributed by atoms with Gasteiger partial charge in [-0.15, -0.1) is 0 Å². The molecule has 27 heavy (non-hydrogen) atoms. The second-order valence-corrected chi connectivity index (χ2v) is 7.21. The quantitative estimate of drug-likeness (QED) is 0.767. The Bertz CT molecular complexity index is 648. The number of halogens is 3. The van der Waals surface area contributed by atoms with Crippen LogP contribution < -0.4 is 0 Å². The van der Waals surface area contributed by atoms with E-state index in [0.717, 1.165) is 12.1 Å². The molecule has 1 aromatic rings. The maximum Gasteiger partial charge on any atom is 0.416 e. The zero-order chi connectivity index (χ0) is 20.9. The molecule has 1 saturated heterocycles. The van der Waals surface area contributed by atoms with Crippen molar-refractivity contribution in [2.45, 2.75) is 58.4 Å². The lowest BCUT2D eigenvalue weighted by atomic mass is 10.0. The monoisotopic (exact) mass is 387 g/mol. The van der Waals surface area contributed by atoms with Crippen LogP contribution in [0.15, 0.2) is 30.3 Å². The van der Waals surface area contributed by atoms with Gasteiger partial charge in [-0.2, -0.15) is 13.2 Å². The fourth-order valence-electron chi connectivity index (χ4n) is 2.47. The topological polar surface area (TPSA) is 49.8 Å². The number of carbonyl (C=O) groups is 1. The Labute approximate surface area is 158 Å². The number of β-amino-alcohol motifs (C(OH)–C–C–N with tert-alkyl or cyclic N) is 1. The molecule has 0 radical (unpaired) electrons. The average molecular weight is 387 g/mol. The molecule has 152 valence electrons. The third kappa shape index (κ3) is 7.25. The summed E-state index contributed by atoms with van der Waals surface area (Å²) in [5.74, 6) is 0. The van der Waals surface area contributed by atoms with Gasteiger partial charge in [-0.1, -0.05) is 38.1 Å². The van der Waals surface area contributed by atoms with E-state index >= 15 is 0 Å². The minimum absolute atomic E-state index is 0.0824. The lowest BCUT2D eigenvalue weighted by molar-refractivity contribution is -0.137. The zero-order valence-corrected chi connectivity index (χ0v) is 16.4. The van der Waals surface area contributed by atoms with E-state index in [9.17, 15) is 23.1 Å². The Morgan fingerprint density at radius 1 is 1.19 bits per heavy atom. The van der Waals surface area contributed by atoms with Crippen LogP contribution >= 0.6 is 0 Å². The first-order chi connectivity index (χ1) is 12.4. The molecule has 1 aliphatic heterocycles. The van der Waals surface area contributed by atoms with Crippen molar-refractivity contribution in [3.63, 3.8) is 0 Å². The number of likely N-dealkylation sites (tertiary alicyclic amines) is 1. The molecule has 0 saturated carbocycles. The molecule has 1 aromatic carbocycles. The first-order valence-corrected chi connectivity index (χ1v) is 8.95. The molecule has 1 aliphatic rings. The van der Waals surface area contributed by atoms with E-state index in [1.54, 1.807) is 26.8 Å². The second-order valence-electron chi connectivity index (χ2n) is 7.21. The van der Waals surface area contributed by atoms with Gasteiger partial charge in [0.25, 0.3) is 0 Å². The van der Waals surface area contributed by atoms with Gasteiger partial charge in [0.1, 0.15) is 11.2 Å². The van der Waals surface area contributed by atoms with Gasteiger partial charge in [0, 0.05) is 6.54 Å². The Balaban J connectivity index is 0.00000176. The van der Waals surface area contributed by atoms with Crippen molar-refractivity contribution in [1.29, 1.82) is 0 Å². The molecule has 1 unspecified atom stereocenters. The smallest absolute Gasteiger partial charge is 0.416 e. The van der Waals surface area contributed by atoms with Crippen LogP contribution in [0.3, 0.4) is 0 Å². The lowest BCUT2D eigenvalue weighted by Crippen LogP contribution is -2.38. The first kappa shape index (κ1) is 23.0.